The molecule has 0 saturated heterocycles. The van der Waals surface area contributed by atoms with Gasteiger partial charge in [-0.3, -0.25) is 0 Å². The average molecular weight is 322 g/mol. The second-order valence-corrected chi connectivity index (χ2v) is 4.92. The molecule has 5 N–H and O–H groups in total. The Morgan fingerprint density at radius 3 is 2.43 bits per heavy atom. The first-order valence-electron chi connectivity index (χ1n) is 7.31. The Morgan fingerprint density at radius 1 is 1.26 bits per heavy atom. The number of carboxylic acid groups (broad SMARTS) is 2. The van der Waals surface area contributed by atoms with Crippen LogP contribution in [-0.4, -0.2) is 40.3 Å². The summed E-state index contributed by atoms with van der Waals surface area (Å²) in [5.41, 5.74) is 9.28. The predicted molar refractivity (Wildman–Crippen MR) is 86.9 cm³/mol. The highest BCUT2D eigenvalue weighted by atomic mass is 16.5. The van der Waals surface area contributed by atoms with Gasteiger partial charge in [-0.05, 0) is 44.0 Å². The number of aliphatic carboxylic acids is 2. The fourth-order valence-corrected chi connectivity index (χ4v) is 2.18. The largest absolute Gasteiger partial charge is 0.493 e. The van der Waals surface area contributed by atoms with Gasteiger partial charge in [0.05, 0.1) is 6.61 Å². The van der Waals surface area contributed by atoms with Gasteiger partial charge in [-0.1, -0.05) is 6.92 Å². The zero-order valence-corrected chi connectivity index (χ0v) is 13.3. The number of benzene rings is 1. The molecule has 0 aliphatic carbocycles. The summed E-state index contributed by atoms with van der Waals surface area (Å²) in [4.78, 5) is 21.5. The highest BCUT2D eigenvalue weighted by molar-refractivity contribution is 6.27. The molecular weight excluding hydrogens is 300 g/mol. The van der Waals surface area contributed by atoms with Crippen LogP contribution in [0.3, 0.4) is 0 Å². The number of hydrogen-bond donors (Lipinski definition) is 4. The summed E-state index contributed by atoms with van der Waals surface area (Å²) >= 11 is 0. The summed E-state index contributed by atoms with van der Waals surface area (Å²) in [5.74, 6) is -2.66. The van der Waals surface area contributed by atoms with Gasteiger partial charge in [0, 0.05) is 22.7 Å². The van der Waals surface area contributed by atoms with E-state index in [2.05, 4.69) is 24.9 Å². The van der Waals surface area contributed by atoms with E-state index in [1.54, 1.807) is 0 Å². The van der Waals surface area contributed by atoms with Crippen molar-refractivity contribution in [3.63, 3.8) is 0 Å². The summed E-state index contributed by atoms with van der Waals surface area (Å²) < 4.78 is 5.75. The zero-order valence-electron chi connectivity index (χ0n) is 13.3. The summed E-state index contributed by atoms with van der Waals surface area (Å²) in [6, 6.07) is 4.11. The maximum Gasteiger partial charge on any atom is 0.414 e. The Morgan fingerprint density at radius 2 is 1.91 bits per heavy atom. The molecule has 2 rings (SSSR count). The maximum absolute atomic E-state index is 9.10. The zero-order chi connectivity index (χ0) is 17.4. The molecule has 23 heavy (non-hydrogen) atoms. The number of carbonyl (C=O) groups is 2. The van der Waals surface area contributed by atoms with E-state index in [1.165, 1.54) is 16.5 Å². The number of hydrogen-bond acceptors (Lipinski definition) is 4. The van der Waals surface area contributed by atoms with Crippen molar-refractivity contribution in [2.45, 2.75) is 26.7 Å². The Balaban J connectivity index is 0.000000379. The lowest BCUT2D eigenvalue weighted by Crippen LogP contribution is -2.09. The number of carboxylic acids is 2. The van der Waals surface area contributed by atoms with Crippen molar-refractivity contribution >= 4 is 22.8 Å². The van der Waals surface area contributed by atoms with Gasteiger partial charge in [0.15, 0.2) is 0 Å². The Labute approximate surface area is 134 Å². The fourth-order valence-electron chi connectivity index (χ4n) is 2.18. The van der Waals surface area contributed by atoms with E-state index >= 15 is 0 Å². The quantitative estimate of drug-likeness (QED) is 0.623. The van der Waals surface area contributed by atoms with Gasteiger partial charge in [0.1, 0.15) is 5.75 Å². The van der Waals surface area contributed by atoms with Crippen LogP contribution in [0.2, 0.25) is 0 Å². The summed E-state index contributed by atoms with van der Waals surface area (Å²) in [5, 5.41) is 16.1. The third kappa shape index (κ3) is 5.00. The molecule has 1 aromatic heterocycles. The van der Waals surface area contributed by atoms with E-state index in [0.717, 1.165) is 30.7 Å². The van der Waals surface area contributed by atoms with E-state index in [0.29, 0.717) is 6.54 Å². The van der Waals surface area contributed by atoms with Gasteiger partial charge in [-0.2, -0.15) is 0 Å². The summed E-state index contributed by atoms with van der Waals surface area (Å²) in [6.45, 7) is 5.67. The predicted octanol–water partition coefficient (Wildman–Crippen LogP) is 1.92. The van der Waals surface area contributed by atoms with Crippen molar-refractivity contribution in [2.24, 2.45) is 5.73 Å². The number of aromatic amines is 1. The average Bonchev–Trinajstić information content (AvgIpc) is 2.91. The molecule has 7 nitrogen and oxygen atoms in total. The number of H-pyrrole nitrogens is 1. The molecule has 0 atom stereocenters. The SMILES string of the molecule is CCCOc1ccc2[nH]cc(CCN)c2c1C.O=C(O)C(=O)O. The van der Waals surface area contributed by atoms with E-state index in [-0.39, 0.29) is 0 Å². The molecule has 126 valence electrons. The molecule has 0 aliphatic rings. The Hall–Kier alpha value is -2.54. The Bertz CT molecular complexity index is 666. The van der Waals surface area contributed by atoms with Gasteiger partial charge in [-0.15, -0.1) is 0 Å². The normalized spacial score (nSPS) is 10.0. The molecule has 0 unspecified atom stereocenters. The van der Waals surface area contributed by atoms with E-state index in [9.17, 15) is 0 Å². The van der Waals surface area contributed by atoms with Crippen molar-refractivity contribution < 1.29 is 24.5 Å². The topological polar surface area (TPSA) is 126 Å². The molecule has 1 heterocycles. The molecule has 0 radical (unpaired) electrons. The molecule has 0 aliphatic heterocycles. The third-order valence-corrected chi connectivity index (χ3v) is 3.20. The maximum atomic E-state index is 9.10. The van der Waals surface area contributed by atoms with Crippen LogP contribution in [0, 0.1) is 6.92 Å². The van der Waals surface area contributed by atoms with Crippen molar-refractivity contribution in [1.29, 1.82) is 0 Å². The number of fused-ring (bicyclic) bond motifs is 1. The van der Waals surface area contributed by atoms with Gasteiger partial charge in [0.25, 0.3) is 0 Å². The number of aryl methyl sites for hydroxylation is 1. The minimum Gasteiger partial charge on any atom is -0.493 e. The van der Waals surface area contributed by atoms with Crippen molar-refractivity contribution in [3.05, 3.63) is 29.5 Å². The van der Waals surface area contributed by atoms with E-state index in [4.69, 9.17) is 30.3 Å². The van der Waals surface area contributed by atoms with E-state index in [1.807, 2.05) is 12.3 Å². The second-order valence-electron chi connectivity index (χ2n) is 4.92. The van der Waals surface area contributed by atoms with Gasteiger partial charge < -0.3 is 25.7 Å². The summed E-state index contributed by atoms with van der Waals surface area (Å²) in [7, 11) is 0. The standard InChI is InChI=1S/C14H20N2O.C2H2O4/c1-3-8-17-13-5-4-12-14(10(13)2)11(6-7-15)9-16-12;3-1(4)2(5)6/h4-5,9,16H,3,6-8,15H2,1-2H3;(H,3,4)(H,5,6). The van der Waals surface area contributed by atoms with Crippen LogP contribution in [0.4, 0.5) is 0 Å². The lowest BCUT2D eigenvalue weighted by atomic mass is 10.0. The van der Waals surface area contributed by atoms with Gasteiger partial charge >= 0.3 is 11.9 Å². The first kappa shape index (κ1) is 18.5. The van der Waals surface area contributed by atoms with Crippen LogP contribution in [0.25, 0.3) is 10.9 Å². The van der Waals surface area contributed by atoms with Crippen molar-refractivity contribution in [1.82, 2.24) is 4.98 Å². The summed E-state index contributed by atoms with van der Waals surface area (Å²) in [6.07, 6.45) is 3.98. The number of ether oxygens (including phenoxy) is 1. The molecule has 0 spiro atoms. The molecular formula is C16H22N2O5. The molecule has 0 bridgehead atoms. The lowest BCUT2D eigenvalue weighted by molar-refractivity contribution is -0.159. The van der Waals surface area contributed by atoms with Crippen molar-refractivity contribution in [2.75, 3.05) is 13.2 Å². The number of aromatic nitrogens is 1. The highest BCUT2D eigenvalue weighted by Gasteiger charge is 2.10. The van der Waals surface area contributed by atoms with Crippen LogP contribution < -0.4 is 10.5 Å². The van der Waals surface area contributed by atoms with Crippen LogP contribution in [-0.2, 0) is 16.0 Å². The fraction of sp³-hybridized carbons (Fsp3) is 0.375. The molecule has 2 aromatic rings. The minimum atomic E-state index is -1.82. The van der Waals surface area contributed by atoms with Gasteiger partial charge in [-0.25, -0.2) is 9.59 Å². The number of nitrogens with two attached hydrogens (primary N) is 1. The first-order valence-corrected chi connectivity index (χ1v) is 7.31. The minimum absolute atomic E-state index is 0.673. The molecule has 0 saturated carbocycles. The Kier molecular flexibility index (Phi) is 7.08. The number of rotatable bonds is 5. The molecule has 0 fully saturated rings. The first-order chi connectivity index (χ1) is 10.9. The van der Waals surface area contributed by atoms with Crippen LogP contribution >= 0.6 is 0 Å². The highest BCUT2D eigenvalue weighted by Crippen LogP contribution is 2.29. The van der Waals surface area contributed by atoms with Crippen molar-refractivity contribution in [3.8, 4) is 5.75 Å². The van der Waals surface area contributed by atoms with Crippen LogP contribution in [0.1, 0.15) is 24.5 Å². The smallest absolute Gasteiger partial charge is 0.414 e. The second kappa shape index (κ2) is 8.79. The molecule has 7 heteroatoms. The lowest BCUT2D eigenvalue weighted by Gasteiger charge is -2.10. The molecule has 1 aromatic carbocycles. The third-order valence-electron chi connectivity index (χ3n) is 3.20. The molecule has 0 amide bonds. The number of nitrogens with one attached hydrogen (secondary N) is 1. The monoisotopic (exact) mass is 322 g/mol. The van der Waals surface area contributed by atoms with Crippen LogP contribution in [0.15, 0.2) is 18.3 Å². The van der Waals surface area contributed by atoms with Crippen LogP contribution in [0.5, 0.6) is 5.75 Å². The van der Waals surface area contributed by atoms with Gasteiger partial charge in [0.2, 0.25) is 0 Å². The van der Waals surface area contributed by atoms with E-state index < -0.39 is 11.9 Å².